The fourth-order valence-corrected chi connectivity index (χ4v) is 2.86. The standard InChI is InChI=1S/C20H21N3O4/c1-21-20(26)14-7-9-15(10-8-14)22-18(24)13-27-17-5-2-4-16(12-17)23-11-3-6-19(23)25/h2,4-5,7-10,12H,3,6,11,13H2,1H3,(H,21,26)(H,22,24). The van der Waals surface area contributed by atoms with Gasteiger partial charge in [-0.15, -0.1) is 0 Å². The first kappa shape index (κ1) is 18.4. The van der Waals surface area contributed by atoms with E-state index in [0.29, 0.717) is 30.0 Å². The second kappa shape index (κ2) is 8.35. The van der Waals surface area contributed by atoms with Crippen LogP contribution >= 0.6 is 0 Å². The summed E-state index contributed by atoms with van der Waals surface area (Å²) in [5.74, 6) is 0.125. The van der Waals surface area contributed by atoms with Crippen LogP contribution in [0.15, 0.2) is 48.5 Å². The van der Waals surface area contributed by atoms with E-state index >= 15 is 0 Å². The van der Waals surface area contributed by atoms with Gasteiger partial charge in [-0.2, -0.15) is 0 Å². The topological polar surface area (TPSA) is 87.7 Å². The second-order valence-corrected chi connectivity index (χ2v) is 6.14. The summed E-state index contributed by atoms with van der Waals surface area (Å²) in [5.41, 5.74) is 1.87. The van der Waals surface area contributed by atoms with E-state index in [1.807, 2.05) is 6.07 Å². The largest absolute Gasteiger partial charge is 0.484 e. The Morgan fingerprint density at radius 2 is 1.93 bits per heavy atom. The van der Waals surface area contributed by atoms with E-state index in [-0.39, 0.29) is 24.3 Å². The van der Waals surface area contributed by atoms with Crippen LogP contribution in [0.2, 0.25) is 0 Å². The highest BCUT2D eigenvalue weighted by Gasteiger charge is 2.21. The van der Waals surface area contributed by atoms with Crippen molar-refractivity contribution >= 4 is 29.1 Å². The Balaban J connectivity index is 1.55. The fourth-order valence-electron chi connectivity index (χ4n) is 2.86. The summed E-state index contributed by atoms with van der Waals surface area (Å²) < 4.78 is 5.54. The molecule has 3 rings (SSSR count). The van der Waals surface area contributed by atoms with E-state index < -0.39 is 0 Å². The van der Waals surface area contributed by atoms with Crippen LogP contribution in [0.5, 0.6) is 5.75 Å². The second-order valence-electron chi connectivity index (χ2n) is 6.14. The van der Waals surface area contributed by atoms with E-state index in [1.165, 1.54) is 0 Å². The van der Waals surface area contributed by atoms with Crippen molar-refractivity contribution in [2.24, 2.45) is 0 Å². The lowest BCUT2D eigenvalue weighted by atomic mass is 10.2. The first-order valence-corrected chi connectivity index (χ1v) is 8.72. The molecule has 3 amide bonds. The molecule has 1 aliphatic heterocycles. The molecule has 7 heteroatoms. The maximum atomic E-state index is 12.1. The zero-order chi connectivity index (χ0) is 19.2. The molecule has 1 heterocycles. The number of amides is 3. The van der Waals surface area contributed by atoms with Crippen LogP contribution in [-0.2, 0) is 9.59 Å². The molecule has 1 aliphatic rings. The minimum Gasteiger partial charge on any atom is -0.484 e. The highest BCUT2D eigenvalue weighted by Crippen LogP contribution is 2.25. The fraction of sp³-hybridized carbons (Fsp3) is 0.250. The van der Waals surface area contributed by atoms with Crippen molar-refractivity contribution in [3.63, 3.8) is 0 Å². The van der Waals surface area contributed by atoms with Gasteiger partial charge < -0.3 is 20.3 Å². The van der Waals surface area contributed by atoms with Crippen LogP contribution < -0.4 is 20.3 Å². The number of ether oxygens (including phenoxy) is 1. The van der Waals surface area contributed by atoms with Crippen LogP contribution in [0.4, 0.5) is 11.4 Å². The van der Waals surface area contributed by atoms with Gasteiger partial charge in [0.05, 0.1) is 0 Å². The molecule has 2 N–H and O–H groups in total. The minimum absolute atomic E-state index is 0.102. The number of carbonyl (C=O) groups excluding carboxylic acids is 3. The van der Waals surface area contributed by atoms with Gasteiger partial charge in [0.15, 0.2) is 6.61 Å². The summed E-state index contributed by atoms with van der Waals surface area (Å²) >= 11 is 0. The molecule has 2 aromatic rings. The molecule has 7 nitrogen and oxygen atoms in total. The Hall–Kier alpha value is -3.35. The molecule has 2 aromatic carbocycles. The quantitative estimate of drug-likeness (QED) is 0.819. The first-order valence-electron chi connectivity index (χ1n) is 8.72. The molecular weight excluding hydrogens is 346 g/mol. The normalized spacial score (nSPS) is 13.4. The van der Waals surface area contributed by atoms with Gasteiger partial charge in [0.25, 0.3) is 11.8 Å². The zero-order valence-electron chi connectivity index (χ0n) is 15.0. The summed E-state index contributed by atoms with van der Waals surface area (Å²) in [7, 11) is 1.56. The van der Waals surface area contributed by atoms with Gasteiger partial charge in [0, 0.05) is 43.0 Å². The van der Waals surface area contributed by atoms with Crippen molar-refractivity contribution in [2.75, 3.05) is 30.4 Å². The van der Waals surface area contributed by atoms with E-state index in [9.17, 15) is 14.4 Å². The van der Waals surface area contributed by atoms with E-state index in [2.05, 4.69) is 10.6 Å². The van der Waals surface area contributed by atoms with Gasteiger partial charge in [-0.05, 0) is 42.8 Å². The summed E-state index contributed by atoms with van der Waals surface area (Å²) in [6.45, 7) is 0.545. The van der Waals surface area contributed by atoms with Crippen LogP contribution in [-0.4, -0.2) is 37.9 Å². The Morgan fingerprint density at radius 3 is 2.59 bits per heavy atom. The number of hydrogen-bond acceptors (Lipinski definition) is 4. The molecule has 0 bridgehead atoms. The third-order valence-electron chi connectivity index (χ3n) is 4.23. The number of benzene rings is 2. The van der Waals surface area contributed by atoms with Gasteiger partial charge in [0.1, 0.15) is 5.75 Å². The molecule has 140 valence electrons. The molecule has 1 fully saturated rings. The van der Waals surface area contributed by atoms with Crippen molar-refractivity contribution in [1.29, 1.82) is 0 Å². The Labute approximate surface area is 157 Å². The Bertz CT molecular complexity index is 849. The molecule has 0 aromatic heterocycles. The van der Waals surface area contributed by atoms with Crippen LogP contribution in [0.25, 0.3) is 0 Å². The predicted octanol–water partition coefficient (Wildman–Crippen LogP) is 2.19. The lowest BCUT2D eigenvalue weighted by Gasteiger charge is -2.16. The molecule has 0 aliphatic carbocycles. The minimum atomic E-state index is -0.314. The smallest absolute Gasteiger partial charge is 0.262 e. The summed E-state index contributed by atoms with van der Waals surface area (Å²) in [6, 6.07) is 13.7. The van der Waals surface area contributed by atoms with Crippen molar-refractivity contribution < 1.29 is 19.1 Å². The van der Waals surface area contributed by atoms with Crippen molar-refractivity contribution in [3.8, 4) is 5.75 Å². The molecule has 0 saturated carbocycles. The zero-order valence-corrected chi connectivity index (χ0v) is 15.0. The maximum absolute atomic E-state index is 12.1. The first-order chi connectivity index (χ1) is 13.1. The summed E-state index contributed by atoms with van der Waals surface area (Å²) in [4.78, 5) is 37.1. The van der Waals surface area contributed by atoms with Gasteiger partial charge >= 0.3 is 0 Å². The van der Waals surface area contributed by atoms with Gasteiger partial charge in [0.2, 0.25) is 5.91 Å². The summed E-state index contributed by atoms with van der Waals surface area (Å²) in [5, 5.41) is 5.25. The number of nitrogens with zero attached hydrogens (tertiary/aromatic N) is 1. The average Bonchev–Trinajstić information content (AvgIpc) is 3.12. The monoisotopic (exact) mass is 367 g/mol. The van der Waals surface area contributed by atoms with Crippen molar-refractivity contribution in [2.45, 2.75) is 12.8 Å². The van der Waals surface area contributed by atoms with Gasteiger partial charge in [-0.3, -0.25) is 14.4 Å². The van der Waals surface area contributed by atoms with Crippen molar-refractivity contribution in [3.05, 3.63) is 54.1 Å². The highest BCUT2D eigenvalue weighted by molar-refractivity contribution is 5.96. The van der Waals surface area contributed by atoms with E-state index in [1.54, 1.807) is 54.4 Å². The molecule has 0 atom stereocenters. The van der Waals surface area contributed by atoms with E-state index in [0.717, 1.165) is 12.1 Å². The average molecular weight is 367 g/mol. The lowest BCUT2D eigenvalue weighted by Crippen LogP contribution is -2.24. The Morgan fingerprint density at radius 1 is 1.15 bits per heavy atom. The third-order valence-corrected chi connectivity index (χ3v) is 4.23. The molecule has 27 heavy (non-hydrogen) atoms. The molecule has 0 unspecified atom stereocenters. The molecule has 0 radical (unpaired) electrons. The Kier molecular flexibility index (Phi) is 5.71. The van der Waals surface area contributed by atoms with Gasteiger partial charge in [-0.1, -0.05) is 6.07 Å². The predicted molar refractivity (Wildman–Crippen MR) is 102 cm³/mol. The number of anilines is 2. The highest BCUT2D eigenvalue weighted by atomic mass is 16.5. The number of carbonyl (C=O) groups is 3. The molecular formula is C20H21N3O4. The lowest BCUT2D eigenvalue weighted by molar-refractivity contribution is -0.118. The third kappa shape index (κ3) is 4.63. The molecule has 1 saturated heterocycles. The van der Waals surface area contributed by atoms with Crippen LogP contribution in [0.1, 0.15) is 23.2 Å². The van der Waals surface area contributed by atoms with E-state index in [4.69, 9.17) is 4.74 Å². The number of rotatable bonds is 6. The maximum Gasteiger partial charge on any atom is 0.262 e. The van der Waals surface area contributed by atoms with Crippen LogP contribution in [0, 0.1) is 0 Å². The SMILES string of the molecule is CNC(=O)c1ccc(NC(=O)COc2cccc(N3CCCC3=O)c2)cc1. The van der Waals surface area contributed by atoms with Crippen molar-refractivity contribution in [1.82, 2.24) is 5.32 Å². The number of nitrogens with one attached hydrogen (secondary N) is 2. The summed E-state index contributed by atoms with van der Waals surface area (Å²) in [6.07, 6.45) is 1.41. The molecule has 0 spiro atoms. The van der Waals surface area contributed by atoms with Gasteiger partial charge in [-0.25, -0.2) is 0 Å². The number of hydrogen-bond donors (Lipinski definition) is 2. The van der Waals surface area contributed by atoms with Crippen LogP contribution in [0.3, 0.4) is 0 Å².